The highest BCUT2D eigenvalue weighted by atomic mass is 16.5. The number of carboxylic acids is 1. The van der Waals surface area contributed by atoms with Crippen molar-refractivity contribution in [2.75, 3.05) is 0 Å². The lowest BCUT2D eigenvalue weighted by molar-refractivity contribution is 0.0698. The third-order valence-electron chi connectivity index (χ3n) is 6.79. The van der Waals surface area contributed by atoms with Gasteiger partial charge >= 0.3 is 5.97 Å². The Morgan fingerprint density at radius 1 is 0.886 bits per heavy atom. The van der Waals surface area contributed by atoms with Gasteiger partial charge in [0, 0.05) is 0 Å². The Morgan fingerprint density at radius 3 is 2.09 bits per heavy atom. The Morgan fingerprint density at radius 2 is 1.49 bits per heavy atom. The first kappa shape index (κ1) is 24.8. The molecule has 0 heterocycles. The van der Waals surface area contributed by atoms with Crippen LogP contribution in [0.5, 0.6) is 11.5 Å². The molecule has 184 valence electrons. The Bertz CT molecular complexity index is 1060. The zero-order valence-electron chi connectivity index (χ0n) is 20.8. The first-order valence-electron chi connectivity index (χ1n) is 13.0. The predicted octanol–water partition coefficient (Wildman–Crippen LogP) is 8.39. The van der Waals surface area contributed by atoms with E-state index < -0.39 is 5.97 Å². The summed E-state index contributed by atoms with van der Waals surface area (Å²) in [5, 5.41) is 10.3. The molecule has 35 heavy (non-hydrogen) atoms. The largest absolute Gasteiger partial charge is 0.490 e. The van der Waals surface area contributed by atoms with E-state index in [1.54, 1.807) is 0 Å². The van der Waals surface area contributed by atoms with Crippen LogP contribution in [0.1, 0.15) is 75.6 Å². The van der Waals surface area contributed by atoms with Gasteiger partial charge < -0.3 is 14.6 Å². The van der Waals surface area contributed by atoms with Crippen molar-refractivity contribution in [1.82, 2.24) is 0 Å². The molecular weight excluding hydrogens is 436 g/mol. The third-order valence-corrected chi connectivity index (χ3v) is 6.79. The van der Waals surface area contributed by atoms with Gasteiger partial charge in [-0.1, -0.05) is 69.2 Å². The lowest BCUT2D eigenvalue weighted by Crippen LogP contribution is -2.19. The van der Waals surface area contributed by atoms with E-state index in [9.17, 15) is 9.90 Å². The molecule has 4 rings (SSSR count). The molecule has 1 aliphatic carbocycles. The van der Waals surface area contributed by atoms with Gasteiger partial charge in [0.1, 0.15) is 11.5 Å². The third kappa shape index (κ3) is 6.25. The number of hydrogen-bond donors (Lipinski definition) is 1. The average molecular weight is 473 g/mol. The quantitative estimate of drug-likeness (QED) is 0.322. The normalized spacial score (nSPS) is 14.9. The molecule has 1 fully saturated rings. The molecule has 0 aromatic heterocycles. The number of benzene rings is 3. The number of carbonyl (C=O) groups is 1. The molecule has 0 radical (unpaired) electrons. The zero-order chi connectivity index (χ0) is 24.6. The molecule has 3 aromatic carbocycles. The number of rotatable bonds is 10. The summed E-state index contributed by atoms with van der Waals surface area (Å²) >= 11 is 0. The van der Waals surface area contributed by atoms with Crippen molar-refractivity contribution in [3.63, 3.8) is 0 Å². The van der Waals surface area contributed by atoms with Gasteiger partial charge in [-0.3, -0.25) is 0 Å². The van der Waals surface area contributed by atoms with Crippen molar-refractivity contribution in [3.8, 4) is 33.8 Å². The highest BCUT2D eigenvalue weighted by Gasteiger charge is 2.20. The standard InChI is InChI=1S/C31H36O4/c1-3-11-24(4-2)34-26-16-8-12-22(20-26)28-18-10-19-29(30(28)31(32)33)23-13-9-17-27(21-23)35-25-14-6-5-7-15-25/h8-10,12-13,16-21,24-25H,3-7,11,14-15H2,1-2H3,(H,32,33). The summed E-state index contributed by atoms with van der Waals surface area (Å²) < 4.78 is 12.5. The fourth-order valence-electron chi connectivity index (χ4n) is 4.97. The van der Waals surface area contributed by atoms with Gasteiger partial charge in [-0.05, 0) is 85.0 Å². The van der Waals surface area contributed by atoms with Crippen LogP contribution < -0.4 is 9.47 Å². The molecule has 0 bridgehead atoms. The molecule has 3 aromatic rings. The number of aromatic carboxylic acids is 1. The van der Waals surface area contributed by atoms with Crippen molar-refractivity contribution in [2.24, 2.45) is 0 Å². The summed E-state index contributed by atoms with van der Waals surface area (Å²) in [4.78, 5) is 12.5. The summed E-state index contributed by atoms with van der Waals surface area (Å²) in [5.74, 6) is 0.624. The fraction of sp³-hybridized carbons (Fsp3) is 0.387. The second kappa shape index (κ2) is 11.9. The van der Waals surface area contributed by atoms with E-state index in [4.69, 9.17) is 9.47 Å². The topological polar surface area (TPSA) is 55.8 Å². The molecular formula is C31H36O4. The van der Waals surface area contributed by atoms with Gasteiger partial charge in [-0.15, -0.1) is 0 Å². The van der Waals surface area contributed by atoms with Crippen LogP contribution in [0.3, 0.4) is 0 Å². The number of ether oxygens (including phenoxy) is 2. The smallest absolute Gasteiger partial charge is 0.336 e. The van der Waals surface area contributed by atoms with Crippen LogP contribution in [0.2, 0.25) is 0 Å². The maximum absolute atomic E-state index is 12.5. The number of hydrogen-bond acceptors (Lipinski definition) is 3. The predicted molar refractivity (Wildman–Crippen MR) is 141 cm³/mol. The van der Waals surface area contributed by atoms with Crippen molar-refractivity contribution in [2.45, 2.75) is 77.4 Å². The minimum atomic E-state index is -0.946. The molecule has 0 amide bonds. The van der Waals surface area contributed by atoms with Gasteiger partial charge in [0.05, 0.1) is 17.8 Å². The number of carboxylic acid groups (broad SMARTS) is 1. The lowest BCUT2D eigenvalue weighted by Gasteiger charge is -2.23. The van der Waals surface area contributed by atoms with Crippen molar-refractivity contribution < 1.29 is 19.4 Å². The van der Waals surface area contributed by atoms with Crippen LogP contribution in [0, 0.1) is 0 Å². The second-order valence-electron chi connectivity index (χ2n) is 9.40. The van der Waals surface area contributed by atoms with E-state index in [0.29, 0.717) is 16.7 Å². The molecule has 0 saturated heterocycles. The van der Waals surface area contributed by atoms with Gasteiger partial charge in [0.2, 0.25) is 0 Å². The first-order chi connectivity index (χ1) is 17.1. The molecule has 1 unspecified atom stereocenters. The van der Waals surface area contributed by atoms with Crippen LogP contribution in [0.4, 0.5) is 0 Å². The van der Waals surface area contributed by atoms with E-state index in [1.165, 1.54) is 19.3 Å². The Balaban J connectivity index is 1.67. The lowest BCUT2D eigenvalue weighted by atomic mass is 9.91. The maximum Gasteiger partial charge on any atom is 0.336 e. The van der Waals surface area contributed by atoms with Gasteiger partial charge in [0.15, 0.2) is 0 Å². The van der Waals surface area contributed by atoms with Gasteiger partial charge in [0.25, 0.3) is 0 Å². The summed E-state index contributed by atoms with van der Waals surface area (Å²) in [5.41, 5.74) is 3.34. The molecule has 4 nitrogen and oxygen atoms in total. The minimum Gasteiger partial charge on any atom is -0.490 e. The summed E-state index contributed by atoms with van der Waals surface area (Å²) in [6, 6.07) is 21.3. The molecule has 1 saturated carbocycles. The van der Waals surface area contributed by atoms with Crippen molar-refractivity contribution in [1.29, 1.82) is 0 Å². The molecule has 1 atom stereocenters. The van der Waals surface area contributed by atoms with E-state index in [0.717, 1.165) is 54.7 Å². The van der Waals surface area contributed by atoms with Crippen LogP contribution in [-0.2, 0) is 0 Å². The summed E-state index contributed by atoms with van der Waals surface area (Å²) in [7, 11) is 0. The monoisotopic (exact) mass is 472 g/mol. The van der Waals surface area contributed by atoms with E-state index in [-0.39, 0.29) is 12.2 Å². The minimum absolute atomic E-state index is 0.160. The Kier molecular flexibility index (Phi) is 8.46. The summed E-state index contributed by atoms with van der Waals surface area (Å²) in [6.07, 6.45) is 9.24. The summed E-state index contributed by atoms with van der Waals surface area (Å²) in [6.45, 7) is 4.28. The molecule has 4 heteroatoms. The van der Waals surface area contributed by atoms with E-state index in [2.05, 4.69) is 13.8 Å². The SMILES string of the molecule is CCCC(CC)Oc1cccc(-c2cccc(-c3cccc(OC4CCCCC4)c3)c2C(=O)O)c1. The van der Waals surface area contributed by atoms with Gasteiger partial charge in [-0.2, -0.15) is 0 Å². The highest BCUT2D eigenvalue weighted by Crippen LogP contribution is 2.36. The molecule has 1 aliphatic rings. The maximum atomic E-state index is 12.5. The molecule has 1 N–H and O–H groups in total. The van der Waals surface area contributed by atoms with E-state index in [1.807, 2.05) is 66.7 Å². The molecule has 0 aliphatic heterocycles. The van der Waals surface area contributed by atoms with Crippen LogP contribution in [-0.4, -0.2) is 23.3 Å². The fourth-order valence-corrected chi connectivity index (χ4v) is 4.97. The van der Waals surface area contributed by atoms with E-state index >= 15 is 0 Å². The van der Waals surface area contributed by atoms with Gasteiger partial charge in [-0.25, -0.2) is 4.79 Å². The van der Waals surface area contributed by atoms with Crippen LogP contribution in [0.25, 0.3) is 22.3 Å². The van der Waals surface area contributed by atoms with Crippen LogP contribution in [0.15, 0.2) is 66.7 Å². The van der Waals surface area contributed by atoms with Crippen molar-refractivity contribution >= 4 is 5.97 Å². The Labute approximate surface area is 208 Å². The van der Waals surface area contributed by atoms with Crippen molar-refractivity contribution in [3.05, 3.63) is 72.3 Å². The Hall–Kier alpha value is -3.27. The zero-order valence-corrected chi connectivity index (χ0v) is 20.8. The average Bonchev–Trinajstić information content (AvgIpc) is 2.89. The first-order valence-corrected chi connectivity index (χ1v) is 13.0. The molecule has 0 spiro atoms. The van der Waals surface area contributed by atoms with Crippen LogP contribution >= 0.6 is 0 Å². The highest BCUT2D eigenvalue weighted by molar-refractivity contribution is 6.03. The second-order valence-corrected chi connectivity index (χ2v) is 9.40.